The lowest BCUT2D eigenvalue weighted by Gasteiger charge is -2.04. The highest BCUT2D eigenvalue weighted by Crippen LogP contribution is 2.07. The van der Waals surface area contributed by atoms with Crippen molar-refractivity contribution >= 4 is 32.0 Å². The molecule has 0 aliphatic heterocycles. The molecule has 0 aromatic heterocycles. The molecule has 1 aromatic rings. The smallest absolute Gasteiger partial charge is 0.494 e. The zero-order valence-electron chi connectivity index (χ0n) is 7.22. The first-order valence-corrected chi connectivity index (χ1v) is 6.99. The van der Waals surface area contributed by atoms with E-state index in [2.05, 4.69) is 13.0 Å². The monoisotopic (exact) mass is 194 g/mol. The van der Waals surface area contributed by atoms with Gasteiger partial charge in [0.05, 0.1) is 6.61 Å². The number of ether oxygens (including phenoxy) is 1. The van der Waals surface area contributed by atoms with Crippen LogP contribution in [-0.4, -0.2) is 25.9 Å². The molecule has 0 aliphatic rings. The third-order valence-corrected chi connectivity index (χ3v) is 3.20. The van der Waals surface area contributed by atoms with Crippen LogP contribution in [0.3, 0.4) is 0 Å². The molecule has 62 valence electrons. The Bertz CT molecular complexity index is 240. The van der Waals surface area contributed by atoms with Gasteiger partial charge in [-0.1, -0.05) is 19.1 Å². The maximum Gasteiger partial charge on any atom is 0.538 e. The molecule has 3 heteroatoms. The molecule has 0 saturated heterocycles. The van der Waals surface area contributed by atoms with Crippen LogP contribution < -0.4 is 8.43 Å². The van der Waals surface area contributed by atoms with Gasteiger partial charge in [0.15, 0.2) is 0 Å². The normalized spacial score (nSPS) is 9.17. The van der Waals surface area contributed by atoms with Gasteiger partial charge >= 0.3 is 19.3 Å². The minimum atomic E-state index is -0.561. The van der Waals surface area contributed by atoms with Crippen molar-refractivity contribution in [3.63, 3.8) is 0 Å². The summed E-state index contributed by atoms with van der Waals surface area (Å²) >= 11 is -0.561. The van der Waals surface area contributed by atoms with Crippen LogP contribution in [0.5, 0.6) is 5.75 Å². The van der Waals surface area contributed by atoms with E-state index in [1.54, 1.807) is 0 Å². The van der Waals surface area contributed by atoms with Crippen molar-refractivity contribution in [2.75, 3.05) is 6.61 Å². The third-order valence-electron chi connectivity index (χ3n) is 1.53. The molecule has 0 spiro atoms. The number of rotatable bonds is 4. The standard InChI is InChI=1S/C9H11O.ClH.Mg/c1-2-8-10-9-6-4-3-5-7-9;;/h3-4,6-7H,2,8H2,1H3;1H;/q;;+1/p-1. The first kappa shape index (κ1) is 10.2. The van der Waals surface area contributed by atoms with E-state index in [1.165, 1.54) is 3.69 Å². The zero-order chi connectivity index (χ0) is 8.81. The van der Waals surface area contributed by atoms with Crippen LogP contribution in [0.15, 0.2) is 24.3 Å². The molecule has 0 atom stereocenters. The summed E-state index contributed by atoms with van der Waals surface area (Å²) in [6.45, 7) is 2.88. The largest absolute Gasteiger partial charge is 0.538 e. The van der Waals surface area contributed by atoms with E-state index in [4.69, 9.17) is 13.8 Å². The van der Waals surface area contributed by atoms with Gasteiger partial charge in [0, 0.05) is 0 Å². The van der Waals surface area contributed by atoms with Crippen molar-refractivity contribution in [1.29, 1.82) is 0 Å². The van der Waals surface area contributed by atoms with E-state index in [-0.39, 0.29) is 0 Å². The first-order valence-electron chi connectivity index (χ1n) is 4.14. The van der Waals surface area contributed by atoms with Crippen molar-refractivity contribution in [3.05, 3.63) is 24.3 Å². The van der Waals surface area contributed by atoms with Crippen LogP contribution >= 0.6 is 9.07 Å². The first-order chi connectivity index (χ1) is 5.86. The van der Waals surface area contributed by atoms with Gasteiger partial charge in [0.25, 0.3) is 0 Å². The molecule has 1 rings (SSSR count). The Morgan fingerprint density at radius 2 is 2.33 bits per heavy atom. The molecule has 0 N–H and O–H groups in total. The molecule has 0 amide bonds. The lowest BCUT2D eigenvalue weighted by molar-refractivity contribution is 0.317. The Hall–Kier alpha value is 0.0762. The van der Waals surface area contributed by atoms with Gasteiger partial charge in [-0.3, -0.25) is 0 Å². The lowest BCUT2D eigenvalue weighted by atomic mass is 10.3. The van der Waals surface area contributed by atoms with Gasteiger partial charge in [-0.25, -0.2) is 0 Å². The SMILES string of the molecule is CCCOc1ccc[c]([Mg][Cl])c1. The van der Waals surface area contributed by atoms with Crippen molar-refractivity contribution < 1.29 is 4.74 Å². The summed E-state index contributed by atoms with van der Waals surface area (Å²) in [4.78, 5) is 0. The summed E-state index contributed by atoms with van der Waals surface area (Å²) in [5.74, 6) is 0.947. The number of benzene rings is 1. The molecule has 0 radical (unpaired) electrons. The predicted molar refractivity (Wildman–Crippen MR) is 53.5 cm³/mol. The molecule has 0 saturated carbocycles. The predicted octanol–water partition coefficient (Wildman–Crippen LogP) is 1.96. The van der Waals surface area contributed by atoms with Crippen LogP contribution in [-0.2, 0) is 0 Å². The van der Waals surface area contributed by atoms with Gasteiger partial charge in [0.2, 0.25) is 0 Å². The summed E-state index contributed by atoms with van der Waals surface area (Å²) in [7, 11) is 5.82. The summed E-state index contributed by atoms with van der Waals surface area (Å²) in [5.41, 5.74) is 0. The second-order valence-electron chi connectivity index (χ2n) is 2.63. The average Bonchev–Trinajstić information content (AvgIpc) is 2.15. The fraction of sp³-hybridized carbons (Fsp3) is 0.333. The summed E-state index contributed by atoms with van der Waals surface area (Å²) in [6.07, 6.45) is 1.04. The average molecular weight is 195 g/mol. The summed E-state index contributed by atoms with van der Waals surface area (Å²) in [6, 6.07) is 8.06. The molecule has 12 heavy (non-hydrogen) atoms. The maximum atomic E-state index is 5.82. The minimum Gasteiger partial charge on any atom is -0.494 e. The second-order valence-corrected chi connectivity index (χ2v) is 4.52. The minimum absolute atomic E-state index is 0.561. The maximum absolute atomic E-state index is 5.82. The molecule has 0 unspecified atom stereocenters. The van der Waals surface area contributed by atoms with E-state index in [0.717, 1.165) is 18.8 Å². The Morgan fingerprint density at radius 1 is 1.50 bits per heavy atom. The Morgan fingerprint density at radius 3 is 3.00 bits per heavy atom. The van der Waals surface area contributed by atoms with E-state index >= 15 is 0 Å². The molecular weight excluding hydrogens is 184 g/mol. The highest BCUT2D eigenvalue weighted by molar-refractivity contribution is 7.01. The van der Waals surface area contributed by atoms with Crippen LogP contribution in [0.1, 0.15) is 13.3 Å². The van der Waals surface area contributed by atoms with Gasteiger partial charge < -0.3 is 13.8 Å². The van der Waals surface area contributed by atoms with Crippen LogP contribution in [0.4, 0.5) is 0 Å². The highest BCUT2D eigenvalue weighted by atomic mass is 35.5. The second kappa shape index (κ2) is 5.68. The fourth-order valence-corrected chi connectivity index (χ4v) is 1.94. The zero-order valence-corrected chi connectivity index (χ0v) is 9.39. The Kier molecular flexibility index (Phi) is 4.80. The van der Waals surface area contributed by atoms with E-state index in [9.17, 15) is 0 Å². The van der Waals surface area contributed by atoms with Crippen molar-refractivity contribution in [1.82, 2.24) is 0 Å². The van der Waals surface area contributed by atoms with Crippen molar-refractivity contribution in [3.8, 4) is 5.75 Å². The molecule has 0 fully saturated rings. The lowest BCUT2D eigenvalue weighted by Crippen LogP contribution is -2.08. The number of hydrogen-bond donors (Lipinski definition) is 0. The Labute approximate surface area is 86.6 Å². The summed E-state index contributed by atoms with van der Waals surface area (Å²) in [5, 5.41) is 0. The van der Waals surface area contributed by atoms with Crippen LogP contribution in [0.25, 0.3) is 0 Å². The third kappa shape index (κ3) is 3.21. The molecule has 0 heterocycles. The van der Waals surface area contributed by atoms with Gasteiger partial charge in [-0.15, -0.1) is 3.69 Å². The summed E-state index contributed by atoms with van der Waals surface area (Å²) < 4.78 is 6.70. The van der Waals surface area contributed by atoms with Gasteiger partial charge in [-0.2, -0.15) is 0 Å². The highest BCUT2D eigenvalue weighted by Gasteiger charge is 1.97. The quantitative estimate of drug-likeness (QED) is 0.667. The Balaban J connectivity index is 2.60. The molecule has 1 nitrogen and oxygen atoms in total. The number of halogens is 1. The van der Waals surface area contributed by atoms with Gasteiger partial charge in [0.1, 0.15) is 5.75 Å². The van der Waals surface area contributed by atoms with Crippen molar-refractivity contribution in [2.45, 2.75) is 13.3 Å². The topological polar surface area (TPSA) is 9.23 Å². The fourth-order valence-electron chi connectivity index (χ4n) is 0.938. The molecule has 0 aliphatic carbocycles. The molecule has 1 aromatic carbocycles. The van der Waals surface area contributed by atoms with E-state index in [0.29, 0.717) is 0 Å². The van der Waals surface area contributed by atoms with E-state index in [1.807, 2.05) is 18.2 Å². The number of hydrogen-bond acceptors (Lipinski definition) is 1. The molecular formula is C9H11ClMgO. The van der Waals surface area contributed by atoms with Crippen molar-refractivity contribution in [2.24, 2.45) is 0 Å². The van der Waals surface area contributed by atoms with E-state index < -0.39 is 19.3 Å². The van der Waals surface area contributed by atoms with Gasteiger partial charge in [-0.05, 0) is 18.6 Å². The van der Waals surface area contributed by atoms with Crippen LogP contribution in [0.2, 0.25) is 0 Å². The van der Waals surface area contributed by atoms with Crippen LogP contribution in [0, 0.1) is 0 Å². The molecule has 0 bridgehead atoms.